The SMILES string of the molecule is CCS(=O)C1CCCC(NC(=NC)NCc2c(C)nn(Cc3ccccc3)c2C)C1.I. The van der Waals surface area contributed by atoms with Gasteiger partial charge in [-0.1, -0.05) is 43.7 Å². The first-order valence-corrected chi connectivity index (χ1v) is 12.3. The van der Waals surface area contributed by atoms with Gasteiger partial charge in [0.1, 0.15) is 0 Å². The number of nitrogens with zero attached hydrogens (tertiary/aromatic N) is 3. The minimum absolute atomic E-state index is 0. The van der Waals surface area contributed by atoms with Crippen LogP contribution >= 0.6 is 24.0 Å². The lowest BCUT2D eigenvalue weighted by Gasteiger charge is -2.30. The fourth-order valence-corrected chi connectivity index (χ4v) is 5.56. The monoisotopic (exact) mass is 557 g/mol. The average Bonchev–Trinajstić information content (AvgIpc) is 3.03. The predicted octanol–water partition coefficient (Wildman–Crippen LogP) is 3.91. The molecule has 1 aliphatic rings. The van der Waals surface area contributed by atoms with Crippen LogP contribution in [0.4, 0.5) is 0 Å². The second-order valence-corrected chi connectivity index (χ2v) is 10.0. The number of nitrogens with one attached hydrogen (secondary N) is 2. The van der Waals surface area contributed by atoms with E-state index in [-0.39, 0.29) is 24.0 Å². The number of hydrogen-bond acceptors (Lipinski definition) is 3. The number of guanidine groups is 1. The lowest BCUT2D eigenvalue weighted by Crippen LogP contribution is -2.46. The first-order chi connectivity index (χ1) is 14.5. The smallest absolute Gasteiger partial charge is 0.191 e. The van der Waals surface area contributed by atoms with Crippen molar-refractivity contribution in [2.75, 3.05) is 12.8 Å². The summed E-state index contributed by atoms with van der Waals surface area (Å²) in [5.74, 6) is 1.55. The Labute approximate surface area is 206 Å². The lowest BCUT2D eigenvalue weighted by molar-refractivity contribution is 0.413. The number of halogens is 1. The van der Waals surface area contributed by atoms with Crippen LogP contribution in [0, 0.1) is 13.8 Å². The fraction of sp³-hybridized carbons (Fsp3) is 0.565. The molecule has 0 amide bonds. The number of hydrogen-bond donors (Lipinski definition) is 2. The van der Waals surface area contributed by atoms with E-state index in [1.54, 1.807) is 7.05 Å². The van der Waals surface area contributed by atoms with Crippen molar-refractivity contribution in [1.82, 2.24) is 20.4 Å². The molecule has 3 atom stereocenters. The Kier molecular flexibility index (Phi) is 10.5. The van der Waals surface area contributed by atoms with Crippen molar-refractivity contribution in [3.8, 4) is 0 Å². The summed E-state index contributed by atoms with van der Waals surface area (Å²) in [6, 6.07) is 10.7. The van der Waals surface area contributed by atoms with Gasteiger partial charge in [-0.05, 0) is 38.7 Å². The number of aromatic nitrogens is 2. The van der Waals surface area contributed by atoms with E-state index in [1.807, 2.05) is 13.0 Å². The zero-order valence-corrected chi connectivity index (χ0v) is 22.2. The highest BCUT2D eigenvalue weighted by Crippen LogP contribution is 2.23. The number of benzene rings is 1. The number of rotatable bonds is 7. The van der Waals surface area contributed by atoms with Crippen molar-refractivity contribution in [3.63, 3.8) is 0 Å². The van der Waals surface area contributed by atoms with Crippen LogP contribution in [0.25, 0.3) is 0 Å². The second-order valence-electron chi connectivity index (χ2n) is 8.02. The molecule has 1 aliphatic carbocycles. The first-order valence-electron chi connectivity index (χ1n) is 10.9. The molecule has 172 valence electrons. The van der Waals surface area contributed by atoms with Gasteiger partial charge >= 0.3 is 0 Å². The molecule has 2 N–H and O–H groups in total. The predicted molar refractivity (Wildman–Crippen MR) is 141 cm³/mol. The molecule has 3 rings (SSSR count). The fourth-order valence-electron chi connectivity index (χ4n) is 4.21. The van der Waals surface area contributed by atoms with E-state index < -0.39 is 10.8 Å². The van der Waals surface area contributed by atoms with Crippen LogP contribution in [0.5, 0.6) is 0 Å². The van der Waals surface area contributed by atoms with Gasteiger partial charge in [-0.15, -0.1) is 24.0 Å². The zero-order chi connectivity index (χ0) is 21.5. The molecular weight excluding hydrogens is 521 g/mol. The molecule has 0 bridgehead atoms. The first kappa shape index (κ1) is 25.8. The second kappa shape index (κ2) is 12.6. The molecule has 0 aliphatic heterocycles. The summed E-state index contributed by atoms with van der Waals surface area (Å²) < 4.78 is 14.3. The van der Waals surface area contributed by atoms with Crippen molar-refractivity contribution in [2.24, 2.45) is 4.99 Å². The minimum Gasteiger partial charge on any atom is -0.354 e. The van der Waals surface area contributed by atoms with Gasteiger partial charge in [0, 0.05) is 52.7 Å². The van der Waals surface area contributed by atoms with Crippen molar-refractivity contribution in [2.45, 2.75) is 70.8 Å². The Balaban J connectivity index is 0.00000341. The third kappa shape index (κ3) is 7.03. The highest BCUT2D eigenvalue weighted by molar-refractivity contribution is 14.0. The third-order valence-electron chi connectivity index (χ3n) is 5.99. The molecule has 0 radical (unpaired) electrons. The van der Waals surface area contributed by atoms with Crippen molar-refractivity contribution < 1.29 is 4.21 Å². The number of aliphatic imine (C=N–C) groups is 1. The highest BCUT2D eigenvalue weighted by Gasteiger charge is 2.26. The summed E-state index contributed by atoms with van der Waals surface area (Å²) in [6.07, 6.45) is 4.25. The summed E-state index contributed by atoms with van der Waals surface area (Å²) in [6.45, 7) is 7.66. The van der Waals surface area contributed by atoms with E-state index >= 15 is 0 Å². The Morgan fingerprint density at radius 1 is 1.26 bits per heavy atom. The molecule has 1 aromatic heterocycles. The molecule has 0 saturated heterocycles. The van der Waals surface area contributed by atoms with Gasteiger partial charge in [-0.2, -0.15) is 5.10 Å². The highest BCUT2D eigenvalue weighted by atomic mass is 127. The maximum absolute atomic E-state index is 12.2. The zero-order valence-electron chi connectivity index (χ0n) is 19.1. The van der Waals surface area contributed by atoms with E-state index in [0.29, 0.717) is 17.8 Å². The van der Waals surface area contributed by atoms with Crippen molar-refractivity contribution in [3.05, 3.63) is 52.8 Å². The van der Waals surface area contributed by atoms with Crippen molar-refractivity contribution in [1.29, 1.82) is 0 Å². The Hall–Kier alpha value is -1.42. The minimum atomic E-state index is -0.716. The topological polar surface area (TPSA) is 71.3 Å². The van der Waals surface area contributed by atoms with Gasteiger partial charge in [0.25, 0.3) is 0 Å². The largest absolute Gasteiger partial charge is 0.354 e. The van der Waals surface area contributed by atoms with Crippen LogP contribution in [-0.2, 0) is 23.9 Å². The van der Waals surface area contributed by atoms with E-state index in [1.165, 1.54) is 16.8 Å². The summed E-state index contributed by atoms with van der Waals surface area (Å²) in [5.41, 5.74) is 4.68. The van der Waals surface area contributed by atoms with Gasteiger partial charge in [0.2, 0.25) is 0 Å². The molecule has 1 saturated carbocycles. The summed E-state index contributed by atoms with van der Waals surface area (Å²) in [7, 11) is 1.09. The van der Waals surface area contributed by atoms with E-state index in [2.05, 4.69) is 58.4 Å². The van der Waals surface area contributed by atoms with Crippen LogP contribution in [0.1, 0.15) is 55.1 Å². The average molecular weight is 558 g/mol. The van der Waals surface area contributed by atoms with Crippen LogP contribution in [0.3, 0.4) is 0 Å². The molecule has 1 fully saturated rings. The van der Waals surface area contributed by atoms with Crippen LogP contribution in [0.2, 0.25) is 0 Å². The maximum atomic E-state index is 12.2. The quantitative estimate of drug-likeness (QED) is 0.308. The molecule has 31 heavy (non-hydrogen) atoms. The van der Waals surface area contributed by atoms with E-state index in [9.17, 15) is 4.21 Å². The molecule has 2 aromatic rings. The summed E-state index contributed by atoms with van der Waals surface area (Å²) in [4.78, 5) is 4.41. The molecular formula is C23H36IN5OS. The van der Waals surface area contributed by atoms with Gasteiger partial charge < -0.3 is 10.6 Å². The summed E-state index contributed by atoms with van der Waals surface area (Å²) in [5, 5.41) is 12.1. The van der Waals surface area contributed by atoms with E-state index in [4.69, 9.17) is 5.10 Å². The summed E-state index contributed by atoms with van der Waals surface area (Å²) >= 11 is 0. The lowest BCUT2D eigenvalue weighted by atomic mass is 9.95. The Morgan fingerprint density at radius 3 is 2.68 bits per heavy atom. The van der Waals surface area contributed by atoms with Crippen LogP contribution in [0.15, 0.2) is 35.3 Å². The van der Waals surface area contributed by atoms with Gasteiger partial charge in [0.15, 0.2) is 5.96 Å². The molecule has 0 spiro atoms. The molecule has 1 heterocycles. The van der Waals surface area contributed by atoms with Gasteiger partial charge in [0.05, 0.1) is 12.2 Å². The maximum Gasteiger partial charge on any atom is 0.191 e. The standard InChI is InChI=1S/C23H35N5OS.HI/c1-5-30(29)21-13-9-12-20(14-21)26-23(24-4)25-15-22-17(2)27-28(18(22)3)16-19-10-7-6-8-11-19;/h6-8,10-11,20-21H,5,9,12-16H2,1-4H3,(H2,24,25,26);1H. The van der Waals surface area contributed by atoms with Gasteiger partial charge in [-0.25, -0.2) is 0 Å². The van der Waals surface area contributed by atoms with Crippen LogP contribution in [-0.4, -0.2) is 44.0 Å². The van der Waals surface area contributed by atoms with Crippen molar-refractivity contribution >= 4 is 40.7 Å². The third-order valence-corrected chi connectivity index (χ3v) is 7.73. The van der Waals surface area contributed by atoms with Crippen LogP contribution < -0.4 is 10.6 Å². The number of aryl methyl sites for hydroxylation is 1. The normalized spacial score (nSPS) is 20.1. The Morgan fingerprint density at radius 2 is 2.00 bits per heavy atom. The van der Waals surface area contributed by atoms with E-state index in [0.717, 1.165) is 49.6 Å². The molecule has 8 heteroatoms. The molecule has 6 nitrogen and oxygen atoms in total. The molecule has 1 aromatic carbocycles. The Bertz CT molecular complexity index is 884. The molecule has 3 unspecified atom stereocenters. The van der Waals surface area contributed by atoms with Gasteiger partial charge in [-0.3, -0.25) is 13.9 Å².